The van der Waals surface area contributed by atoms with E-state index in [-0.39, 0.29) is 5.91 Å². The Bertz CT molecular complexity index is 934. The number of benzene rings is 3. The molecule has 5 heteroatoms. The minimum absolute atomic E-state index is 0.134. The molecule has 134 valence electrons. The van der Waals surface area contributed by atoms with Crippen LogP contribution in [-0.2, 0) is 6.54 Å². The SMILES string of the molecule is CCOc1c(Cl)cc(CNC(=O)c2cccc3ccccc23)cc1OC. The van der Waals surface area contributed by atoms with E-state index in [1.807, 2.05) is 55.5 Å². The molecular weight excluding hydrogens is 350 g/mol. The normalized spacial score (nSPS) is 10.6. The van der Waals surface area contributed by atoms with Crippen molar-refractivity contribution in [3.8, 4) is 11.5 Å². The van der Waals surface area contributed by atoms with Gasteiger partial charge in [-0.05, 0) is 41.5 Å². The topological polar surface area (TPSA) is 47.6 Å². The van der Waals surface area contributed by atoms with Crippen LogP contribution in [0.3, 0.4) is 0 Å². The van der Waals surface area contributed by atoms with E-state index in [2.05, 4.69) is 5.32 Å². The van der Waals surface area contributed by atoms with Crippen molar-refractivity contribution in [3.63, 3.8) is 0 Å². The Morgan fingerprint density at radius 3 is 2.65 bits per heavy atom. The molecule has 0 radical (unpaired) electrons. The van der Waals surface area contributed by atoms with Crippen LogP contribution in [-0.4, -0.2) is 19.6 Å². The average molecular weight is 370 g/mol. The molecule has 0 aliphatic rings. The van der Waals surface area contributed by atoms with Gasteiger partial charge in [-0.3, -0.25) is 4.79 Å². The monoisotopic (exact) mass is 369 g/mol. The van der Waals surface area contributed by atoms with Crippen molar-refractivity contribution in [3.05, 3.63) is 70.7 Å². The molecule has 3 aromatic carbocycles. The highest BCUT2D eigenvalue weighted by atomic mass is 35.5. The molecule has 0 spiro atoms. The van der Waals surface area contributed by atoms with Crippen molar-refractivity contribution in [2.45, 2.75) is 13.5 Å². The number of hydrogen-bond donors (Lipinski definition) is 1. The van der Waals surface area contributed by atoms with Gasteiger partial charge in [0.2, 0.25) is 0 Å². The molecule has 0 bridgehead atoms. The molecule has 0 aromatic heterocycles. The van der Waals surface area contributed by atoms with Crippen molar-refractivity contribution in [1.29, 1.82) is 0 Å². The Morgan fingerprint density at radius 2 is 1.88 bits per heavy atom. The number of halogens is 1. The lowest BCUT2D eigenvalue weighted by Gasteiger charge is -2.14. The van der Waals surface area contributed by atoms with Crippen LogP contribution in [0.25, 0.3) is 10.8 Å². The van der Waals surface area contributed by atoms with Crippen LogP contribution < -0.4 is 14.8 Å². The number of nitrogens with one attached hydrogen (secondary N) is 1. The molecule has 1 N–H and O–H groups in total. The zero-order valence-electron chi connectivity index (χ0n) is 14.7. The van der Waals surface area contributed by atoms with E-state index in [9.17, 15) is 4.79 Å². The van der Waals surface area contributed by atoms with E-state index in [0.29, 0.717) is 35.2 Å². The van der Waals surface area contributed by atoms with Crippen LogP contribution in [0.5, 0.6) is 11.5 Å². The molecule has 1 amide bonds. The number of ether oxygens (including phenoxy) is 2. The van der Waals surface area contributed by atoms with Gasteiger partial charge >= 0.3 is 0 Å². The number of methoxy groups -OCH3 is 1. The number of carbonyl (C=O) groups excluding carboxylic acids is 1. The smallest absolute Gasteiger partial charge is 0.252 e. The maximum atomic E-state index is 12.6. The lowest BCUT2D eigenvalue weighted by molar-refractivity contribution is 0.0952. The summed E-state index contributed by atoms with van der Waals surface area (Å²) in [6, 6.07) is 17.1. The highest BCUT2D eigenvalue weighted by molar-refractivity contribution is 6.32. The fourth-order valence-corrected chi connectivity index (χ4v) is 3.15. The summed E-state index contributed by atoms with van der Waals surface area (Å²) in [5.41, 5.74) is 1.48. The van der Waals surface area contributed by atoms with Crippen molar-refractivity contribution in [2.75, 3.05) is 13.7 Å². The molecule has 0 aliphatic carbocycles. The number of amides is 1. The van der Waals surface area contributed by atoms with E-state index in [1.165, 1.54) is 0 Å². The zero-order valence-corrected chi connectivity index (χ0v) is 15.5. The Hall–Kier alpha value is -2.72. The summed E-state index contributed by atoms with van der Waals surface area (Å²) in [4.78, 5) is 12.6. The third-order valence-electron chi connectivity index (χ3n) is 4.07. The molecular formula is C21H20ClNO3. The minimum Gasteiger partial charge on any atom is -0.493 e. The van der Waals surface area contributed by atoms with E-state index >= 15 is 0 Å². The lowest BCUT2D eigenvalue weighted by atomic mass is 10.0. The first-order valence-electron chi connectivity index (χ1n) is 8.39. The number of fused-ring (bicyclic) bond motifs is 1. The van der Waals surface area contributed by atoms with Gasteiger partial charge in [-0.1, -0.05) is 48.0 Å². The van der Waals surface area contributed by atoms with Crippen molar-refractivity contribution in [2.24, 2.45) is 0 Å². The first kappa shape index (κ1) is 18.1. The maximum absolute atomic E-state index is 12.6. The molecule has 0 saturated carbocycles. The summed E-state index contributed by atoms with van der Waals surface area (Å²) < 4.78 is 10.9. The number of carbonyl (C=O) groups is 1. The molecule has 0 fully saturated rings. The summed E-state index contributed by atoms with van der Waals surface area (Å²) in [5, 5.41) is 5.36. The Morgan fingerprint density at radius 1 is 1.12 bits per heavy atom. The van der Waals surface area contributed by atoms with E-state index in [0.717, 1.165) is 16.3 Å². The van der Waals surface area contributed by atoms with Gasteiger partial charge in [0.05, 0.1) is 18.7 Å². The summed E-state index contributed by atoms with van der Waals surface area (Å²) in [6.07, 6.45) is 0. The third kappa shape index (κ3) is 3.75. The van der Waals surface area contributed by atoms with Crippen molar-refractivity contribution < 1.29 is 14.3 Å². The van der Waals surface area contributed by atoms with Crippen molar-refractivity contribution in [1.82, 2.24) is 5.32 Å². The predicted molar refractivity (Wildman–Crippen MR) is 104 cm³/mol. The summed E-state index contributed by atoms with van der Waals surface area (Å²) in [6.45, 7) is 2.71. The first-order valence-corrected chi connectivity index (χ1v) is 8.77. The van der Waals surface area contributed by atoms with Gasteiger partial charge in [0.15, 0.2) is 11.5 Å². The minimum atomic E-state index is -0.134. The van der Waals surface area contributed by atoms with E-state index in [4.69, 9.17) is 21.1 Å². The molecule has 3 aromatic rings. The molecule has 26 heavy (non-hydrogen) atoms. The highest BCUT2D eigenvalue weighted by Crippen LogP contribution is 2.36. The van der Waals surface area contributed by atoms with Gasteiger partial charge in [0.25, 0.3) is 5.91 Å². The van der Waals surface area contributed by atoms with Crippen LogP contribution in [0.1, 0.15) is 22.8 Å². The largest absolute Gasteiger partial charge is 0.493 e. The third-order valence-corrected chi connectivity index (χ3v) is 4.35. The maximum Gasteiger partial charge on any atom is 0.252 e. The summed E-state index contributed by atoms with van der Waals surface area (Å²) in [5.74, 6) is 0.931. The highest BCUT2D eigenvalue weighted by Gasteiger charge is 2.13. The second-order valence-corrected chi connectivity index (χ2v) is 6.16. The predicted octanol–water partition coefficient (Wildman–Crippen LogP) is 4.83. The Kier molecular flexibility index (Phi) is 5.64. The van der Waals surface area contributed by atoms with Crippen LogP contribution in [0, 0.1) is 0 Å². The summed E-state index contributed by atoms with van der Waals surface area (Å²) >= 11 is 6.28. The quantitative estimate of drug-likeness (QED) is 0.677. The van der Waals surface area contributed by atoms with Gasteiger partial charge in [0.1, 0.15) is 0 Å². The van der Waals surface area contributed by atoms with Crippen LogP contribution in [0.2, 0.25) is 5.02 Å². The van der Waals surface area contributed by atoms with E-state index < -0.39 is 0 Å². The Balaban J connectivity index is 1.80. The van der Waals surface area contributed by atoms with Gasteiger partial charge < -0.3 is 14.8 Å². The van der Waals surface area contributed by atoms with Gasteiger partial charge in [0, 0.05) is 12.1 Å². The fourth-order valence-electron chi connectivity index (χ4n) is 2.86. The number of hydrogen-bond acceptors (Lipinski definition) is 3. The van der Waals surface area contributed by atoms with E-state index in [1.54, 1.807) is 13.2 Å². The van der Waals surface area contributed by atoms with Gasteiger partial charge in [-0.2, -0.15) is 0 Å². The molecule has 0 unspecified atom stereocenters. The molecule has 4 nitrogen and oxygen atoms in total. The van der Waals surface area contributed by atoms with Crippen LogP contribution in [0.4, 0.5) is 0 Å². The van der Waals surface area contributed by atoms with Gasteiger partial charge in [-0.25, -0.2) is 0 Å². The second-order valence-electron chi connectivity index (χ2n) is 5.75. The molecule has 0 aliphatic heterocycles. The van der Waals surface area contributed by atoms with Crippen molar-refractivity contribution >= 4 is 28.3 Å². The first-order chi connectivity index (χ1) is 12.6. The second kappa shape index (κ2) is 8.11. The number of rotatable bonds is 6. The van der Waals surface area contributed by atoms with Gasteiger partial charge in [-0.15, -0.1) is 0 Å². The standard InChI is InChI=1S/C21H20ClNO3/c1-3-26-20-18(22)11-14(12-19(20)25-2)13-23-21(24)17-10-6-8-15-7-4-5-9-16(15)17/h4-12H,3,13H2,1-2H3,(H,23,24). The zero-order chi connectivity index (χ0) is 18.5. The molecule has 0 atom stereocenters. The molecule has 0 heterocycles. The Labute approximate surface area is 157 Å². The molecule has 0 saturated heterocycles. The lowest BCUT2D eigenvalue weighted by Crippen LogP contribution is -2.23. The molecule has 3 rings (SSSR count). The van der Waals surface area contributed by atoms with Crippen LogP contribution >= 0.6 is 11.6 Å². The fraction of sp³-hybridized carbons (Fsp3) is 0.190. The average Bonchev–Trinajstić information content (AvgIpc) is 2.67. The van der Waals surface area contributed by atoms with Crippen LogP contribution in [0.15, 0.2) is 54.6 Å². The summed E-state index contributed by atoms with van der Waals surface area (Å²) in [7, 11) is 1.56.